The summed E-state index contributed by atoms with van der Waals surface area (Å²) in [5.41, 5.74) is 2.67. The van der Waals surface area contributed by atoms with Crippen LogP contribution in [0.2, 0.25) is 0 Å². The van der Waals surface area contributed by atoms with Crippen molar-refractivity contribution in [1.29, 1.82) is 0 Å². The largest absolute Gasteiger partial charge is 0.0608 e. The van der Waals surface area contributed by atoms with E-state index < -0.39 is 0 Å². The van der Waals surface area contributed by atoms with Crippen LogP contribution in [0.3, 0.4) is 0 Å². The highest BCUT2D eigenvalue weighted by molar-refractivity contribution is 9.10. The smallest absolute Gasteiger partial charge is 0.0207 e. The van der Waals surface area contributed by atoms with E-state index in [0.29, 0.717) is 0 Å². The van der Waals surface area contributed by atoms with E-state index in [1.807, 2.05) is 0 Å². The number of benzene rings is 1. The topological polar surface area (TPSA) is 0 Å². The predicted molar refractivity (Wildman–Crippen MR) is 52.6 cm³/mol. The Hall–Kier alpha value is -0.300. The Morgan fingerprint density at radius 1 is 1.27 bits per heavy atom. The lowest BCUT2D eigenvalue weighted by molar-refractivity contribution is 1.12. The molecule has 0 aliphatic carbocycles. The van der Waals surface area contributed by atoms with Gasteiger partial charge in [0.15, 0.2) is 0 Å². The van der Waals surface area contributed by atoms with Crippen LogP contribution >= 0.6 is 15.9 Å². The first-order valence-corrected chi connectivity index (χ1v) is 4.48. The highest BCUT2D eigenvalue weighted by Gasteiger charge is 2.04. The van der Waals surface area contributed by atoms with Crippen LogP contribution in [0.5, 0.6) is 0 Å². The molecular weight excluding hydrogens is 200 g/mol. The van der Waals surface area contributed by atoms with Gasteiger partial charge in [0, 0.05) is 4.47 Å². The summed E-state index contributed by atoms with van der Waals surface area (Å²) in [6, 6.07) is 6.29. The second-order valence-corrected chi connectivity index (χ2v) is 3.77. The lowest BCUT2D eigenvalue weighted by Crippen LogP contribution is -1.92. The number of hydrogen-bond acceptors (Lipinski definition) is 0. The highest BCUT2D eigenvalue weighted by atomic mass is 79.9. The fourth-order valence-electron chi connectivity index (χ4n) is 1.15. The van der Waals surface area contributed by atoms with Crippen LogP contribution in [-0.4, -0.2) is 0 Å². The van der Waals surface area contributed by atoms with Crippen LogP contribution in [0, 0.1) is 12.8 Å². The van der Waals surface area contributed by atoms with E-state index >= 15 is 0 Å². The molecule has 59 valence electrons. The lowest BCUT2D eigenvalue weighted by atomic mass is 9.98. The molecule has 1 heteroatoms. The third kappa shape index (κ3) is 1.84. The van der Waals surface area contributed by atoms with Crippen molar-refractivity contribution in [3.8, 4) is 0 Å². The minimum atomic E-state index is 1.19. The van der Waals surface area contributed by atoms with Gasteiger partial charge in [-0.3, -0.25) is 0 Å². The first-order chi connectivity index (χ1) is 5.13. The molecule has 0 aliphatic rings. The summed E-state index contributed by atoms with van der Waals surface area (Å²) in [6.45, 7) is 6.40. The maximum atomic E-state index is 3.50. The van der Waals surface area contributed by atoms with Gasteiger partial charge in [-0.1, -0.05) is 41.9 Å². The first kappa shape index (κ1) is 8.79. The van der Waals surface area contributed by atoms with Crippen molar-refractivity contribution in [1.82, 2.24) is 0 Å². The average molecular weight is 212 g/mol. The first-order valence-electron chi connectivity index (χ1n) is 3.68. The number of halogens is 1. The zero-order chi connectivity index (χ0) is 8.43. The SMILES string of the molecule is C[C](C)c1cccc(Br)c1C. The standard InChI is InChI=1S/C10H12Br/c1-7(2)9-5-4-6-10(11)8(9)3/h4-6H,1-3H3. The molecule has 1 radical (unpaired) electrons. The van der Waals surface area contributed by atoms with Gasteiger partial charge < -0.3 is 0 Å². The second kappa shape index (κ2) is 3.40. The molecule has 0 heterocycles. The van der Waals surface area contributed by atoms with Crippen molar-refractivity contribution >= 4 is 15.9 Å². The molecule has 0 saturated heterocycles. The van der Waals surface area contributed by atoms with Gasteiger partial charge in [-0.05, 0) is 30.0 Å². The molecule has 0 amide bonds. The molecular formula is C10H12Br. The molecule has 1 rings (SSSR count). The molecule has 0 aliphatic heterocycles. The molecule has 0 N–H and O–H groups in total. The van der Waals surface area contributed by atoms with E-state index in [1.54, 1.807) is 0 Å². The Morgan fingerprint density at radius 3 is 2.36 bits per heavy atom. The van der Waals surface area contributed by atoms with Crippen molar-refractivity contribution in [2.75, 3.05) is 0 Å². The normalized spacial score (nSPS) is 10.6. The molecule has 1 aromatic rings. The third-order valence-electron chi connectivity index (χ3n) is 1.81. The fraction of sp³-hybridized carbons (Fsp3) is 0.300. The summed E-state index contributed by atoms with van der Waals surface area (Å²) < 4.78 is 1.19. The number of hydrogen-bond donors (Lipinski definition) is 0. The minimum absolute atomic E-state index is 1.19. The van der Waals surface area contributed by atoms with Gasteiger partial charge in [-0.25, -0.2) is 0 Å². The predicted octanol–water partition coefficient (Wildman–Crippen LogP) is 3.72. The van der Waals surface area contributed by atoms with Gasteiger partial charge in [0.25, 0.3) is 0 Å². The molecule has 1 aromatic carbocycles. The molecule has 0 fully saturated rings. The Labute approximate surface area is 76.8 Å². The Morgan fingerprint density at radius 2 is 1.91 bits per heavy atom. The van der Waals surface area contributed by atoms with Gasteiger partial charge in [-0.15, -0.1) is 0 Å². The van der Waals surface area contributed by atoms with Crippen molar-refractivity contribution in [2.24, 2.45) is 0 Å². The van der Waals surface area contributed by atoms with Crippen LogP contribution in [0.1, 0.15) is 25.0 Å². The summed E-state index contributed by atoms with van der Waals surface area (Å²) in [5, 5.41) is 0. The quantitative estimate of drug-likeness (QED) is 0.665. The monoisotopic (exact) mass is 211 g/mol. The van der Waals surface area contributed by atoms with Crippen molar-refractivity contribution < 1.29 is 0 Å². The van der Waals surface area contributed by atoms with E-state index in [4.69, 9.17) is 0 Å². The lowest BCUT2D eigenvalue weighted by Gasteiger charge is -2.09. The van der Waals surface area contributed by atoms with Crippen LogP contribution < -0.4 is 0 Å². The number of rotatable bonds is 1. The molecule has 0 nitrogen and oxygen atoms in total. The molecule has 11 heavy (non-hydrogen) atoms. The van der Waals surface area contributed by atoms with Crippen LogP contribution in [0.15, 0.2) is 22.7 Å². The van der Waals surface area contributed by atoms with Crippen molar-refractivity contribution in [3.05, 3.63) is 39.7 Å². The summed E-state index contributed by atoms with van der Waals surface area (Å²) in [7, 11) is 0. The highest BCUT2D eigenvalue weighted by Crippen LogP contribution is 2.24. The zero-order valence-electron chi connectivity index (χ0n) is 7.11. The molecule has 0 bridgehead atoms. The summed E-state index contributed by atoms with van der Waals surface area (Å²) in [4.78, 5) is 0. The Bertz CT molecular complexity index is 251. The van der Waals surface area contributed by atoms with E-state index in [1.165, 1.54) is 21.5 Å². The maximum Gasteiger partial charge on any atom is 0.0207 e. The molecule has 0 aromatic heterocycles. The molecule has 0 saturated carbocycles. The van der Waals surface area contributed by atoms with Gasteiger partial charge >= 0.3 is 0 Å². The van der Waals surface area contributed by atoms with Crippen LogP contribution in [0.4, 0.5) is 0 Å². The van der Waals surface area contributed by atoms with E-state index in [2.05, 4.69) is 54.9 Å². The zero-order valence-corrected chi connectivity index (χ0v) is 8.70. The average Bonchev–Trinajstić information content (AvgIpc) is 1.94. The summed E-state index contributed by atoms with van der Waals surface area (Å²) in [5.74, 6) is 1.36. The summed E-state index contributed by atoms with van der Waals surface area (Å²) >= 11 is 3.50. The Kier molecular flexibility index (Phi) is 2.72. The van der Waals surface area contributed by atoms with E-state index in [0.717, 1.165) is 0 Å². The molecule has 0 spiro atoms. The Balaban J connectivity index is 3.17. The molecule has 0 atom stereocenters. The van der Waals surface area contributed by atoms with E-state index in [9.17, 15) is 0 Å². The summed E-state index contributed by atoms with van der Waals surface area (Å²) in [6.07, 6.45) is 0. The second-order valence-electron chi connectivity index (χ2n) is 2.91. The maximum absolute atomic E-state index is 3.50. The van der Waals surface area contributed by atoms with Crippen molar-refractivity contribution in [2.45, 2.75) is 20.8 Å². The van der Waals surface area contributed by atoms with Gasteiger partial charge in [0.2, 0.25) is 0 Å². The van der Waals surface area contributed by atoms with Gasteiger partial charge in [-0.2, -0.15) is 0 Å². The van der Waals surface area contributed by atoms with Gasteiger partial charge in [0.1, 0.15) is 0 Å². The minimum Gasteiger partial charge on any atom is -0.0608 e. The van der Waals surface area contributed by atoms with Crippen LogP contribution in [0.25, 0.3) is 0 Å². The fourth-order valence-corrected chi connectivity index (χ4v) is 1.52. The molecule has 0 unspecified atom stereocenters. The third-order valence-corrected chi connectivity index (χ3v) is 2.67. The van der Waals surface area contributed by atoms with Crippen molar-refractivity contribution in [3.63, 3.8) is 0 Å². The van der Waals surface area contributed by atoms with Gasteiger partial charge in [0.05, 0.1) is 0 Å². The van der Waals surface area contributed by atoms with Crippen LogP contribution in [-0.2, 0) is 0 Å². The van der Waals surface area contributed by atoms with E-state index in [-0.39, 0.29) is 0 Å².